The normalized spacial score (nSPS) is 9.94. The zero-order chi connectivity index (χ0) is 12.8. The van der Waals surface area contributed by atoms with Gasteiger partial charge in [0.2, 0.25) is 11.1 Å². The zero-order valence-corrected chi connectivity index (χ0v) is 11.0. The van der Waals surface area contributed by atoms with Gasteiger partial charge in [-0.1, -0.05) is 23.7 Å². The Hall–Kier alpha value is -1.78. The number of H-pyrrole nitrogens is 1. The lowest BCUT2D eigenvalue weighted by Crippen LogP contribution is -2.25. The maximum absolute atomic E-state index is 11.3. The van der Waals surface area contributed by atoms with Gasteiger partial charge in [-0.05, 0) is 11.4 Å². The minimum atomic E-state index is -0.125. The summed E-state index contributed by atoms with van der Waals surface area (Å²) in [4.78, 5) is 16.6. The van der Waals surface area contributed by atoms with Gasteiger partial charge in [0.15, 0.2) is 5.82 Å². The molecule has 0 aliphatic heterocycles. The number of thioether (sulfide) groups is 1. The summed E-state index contributed by atoms with van der Waals surface area (Å²) in [6, 6.07) is 3.90. The standard InChI is InChI=1S/C11H10N4OS2/c1-2-5-12-9(16)7-18-11-13-10(14-15-11)8-4-3-6-17-8/h1,3-4,6H,5,7H2,(H,12,16)(H,13,14,15). The molecular weight excluding hydrogens is 268 g/mol. The average Bonchev–Trinajstić information content (AvgIpc) is 3.03. The van der Waals surface area contributed by atoms with Crippen molar-refractivity contribution < 1.29 is 4.79 Å². The van der Waals surface area contributed by atoms with Gasteiger partial charge in [0.1, 0.15) is 0 Å². The van der Waals surface area contributed by atoms with Gasteiger partial charge in [0.25, 0.3) is 0 Å². The number of rotatable bonds is 5. The molecule has 18 heavy (non-hydrogen) atoms. The molecule has 7 heteroatoms. The summed E-state index contributed by atoms with van der Waals surface area (Å²) in [6.07, 6.45) is 5.04. The molecule has 0 radical (unpaired) electrons. The van der Waals surface area contributed by atoms with Crippen LogP contribution in [0.15, 0.2) is 22.7 Å². The van der Waals surface area contributed by atoms with Crippen LogP contribution < -0.4 is 5.32 Å². The van der Waals surface area contributed by atoms with Crippen molar-refractivity contribution in [3.05, 3.63) is 17.5 Å². The lowest BCUT2D eigenvalue weighted by Gasteiger charge is -1.97. The number of aromatic nitrogens is 3. The summed E-state index contributed by atoms with van der Waals surface area (Å²) in [6.45, 7) is 0.244. The van der Waals surface area contributed by atoms with Gasteiger partial charge in [-0.3, -0.25) is 9.89 Å². The summed E-state index contributed by atoms with van der Waals surface area (Å²) in [5.74, 6) is 3.19. The highest BCUT2D eigenvalue weighted by molar-refractivity contribution is 7.99. The molecule has 1 amide bonds. The Morgan fingerprint density at radius 2 is 2.56 bits per heavy atom. The Bertz CT molecular complexity index is 556. The van der Waals surface area contributed by atoms with Crippen LogP contribution in [0.3, 0.4) is 0 Å². The molecule has 2 heterocycles. The first-order valence-electron chi connectivity index (χ1n) is 5.09. The lowest BCUT2D eigenvalue weighted by atomic mass is 10.4. The van der Waals surface area contributed by atoms with E-state index in [1.807, 2.05) is 17.5 Å². The molecule has 0 unspecified atom stereocenters. The fourth-order valence-electron chi connectivity index (χ4n) is 1.17. The summed E-state index contributed by atoms with van der Waals surface area (Å²) in [5.41, 5.74) is 0. The van der Waals surface area contributed by atoms with E-state index in [1.165, 1.54) is 11.8 Å². The Morgan fingerprint density at radius 1 is 1.67 bits per heavy atom. The van der Waals surface area contributed by atoms with Crippen molar-refractivity contribution in [2.75, 3.05) is 12.3 Å². The van der Waals surface area contributed by atoms with Gasteiger partial charge in [0, 0.05) is 0 Å². The summed E-state index contributed by atoms with van der Waals surface area (Å²) in [7, 11) is 0. The van der Waals surface area contributed by atoms with Gasteiger partial charge < -0.3 is 5.32 Å². The first-order valence-corrected chi connectivity index (χ1v) is 6.95. The highest BCUT2D eigenvalue weighted by Crippen LogP contribution is 2.22. The molecule has 0 fully saturated rings. The maximum Gasteiger partial charge on any atom is 0.231 e. The Kier molecular flexibility index (Phi) is 4.39. The van der Waals surface area contributed by atoms with Gasteiger partial charge in [-0.15, -0.1) is 22.9 Å². The second-order valence-corrected chi connectivity index (χ2v) is 5.10. The van der Waals surface area contributed by atoms with Crippen LogP contribution in [0.5, 0.6) is 0 Å². The Labute approximate surface area is 112 Å². The number of terminal acetylenes is 1. The third-order valence-electron chi connectivity index (χ3n) is 1.94. The molecule has 0 aliphatic carbocycles. The predicted octanol–water partition coefficient (Wildman–Crippen LogP) is 1.37. The van der Waals surface area contributed by atoms with E-state index in [-0.39, 0.29) is 18.2 Å². The van der Waals surface area contributed by atoms with Gasteiger partial charge in [0.05, 0.1) is 17.2 Å². The van der Waals surface area contributed by atoms with Crippen LogP contribution in [0.2, 0.25) is 0 Å². The van der Waals surface area contributed by atoms with Crippen molar-refractivity contribution in [3.63, 3.8) is 0 Å². The number of thiophene rings is 1. The van der Waals surface area contributed by atoms with Crippen molar-refractivity contribution in [1.29, 1.82) is 0 Å². The molecule has 0 saturated heterocycles. The molecule has 2 rings (SSSR count). The molecule has 2 aromatic rings. The monoisotopic (exact) mass is 278 g/mol. The van der Waals surface area contributed by atoms with Crippen molar-refractivity contribution in [3.8, 4) is 23.0 Å². The first kappa shape index (κ1) is 12.7. The van der Waals surface area contributed by atoms with Crippen LogP contribution in [0, 0.1) is 12.3 Å². The van der Waals surface area contributed by atoms with Crippen molar-refractivity contribution in [2.24, 2.45) is 0 Å². The fourth-order valence-corrected chi connectivity index (χ4v) is 2.46. The molecule has 92 valence electrons. The molecule has 0 saturated carbocycles. The molecule has 0 aliphatic rings. The Balaban J connectivity index is 1.88. The van der Waals surface area contributed by atoms with Crippen molar-refractivity contribution >= 4 is 29.0 Å². The predicted molar refractivity (Wildman–Crippen MR) is 72.3 cm³/mol. The molecule has 0 spiro atoms. The number of hydrogen-bond donors (Lipinski definition) is 2. The number of carbonyl (C=O) groups is 1. The number of nitrogens with one attached hydrogen (secondary N) is 2. The molecule has 5 nitrogen and oxygen atoms in total. The van der Waals surface area contributed by atoms with Gasteiger partial charge >= 0.3 is 0 Å². The molecule has 2 N–H and O–H groups in total. The largest absolute Gasteiger partial charge is 0.344 e. The van der Waals surface area contributed by atoms with Gasteiger partial charge in [-0.25, -0.2) is 4.98 Å². The number of aromatic amines is 1. The van der Waals surface area contributed by atoms with Crippen LogP contribution in [0.25, 0.3) is 10.7 Å². The molecule has 0 bridgehead atoms. The third kappa shape index (κ3) is 3.35. The van der Waals surface area contributed by atoms with Crippen LogP contribution in [-0.4, -0.2) is 33.4 Å². The lowest BCUT2D eigenvalue weighted by molar-refractivity contribution is -0.118. The van der Waals surface area contributed by atoms with Gasteiger partial charge in [-0.2, -0.15) is 0 Å². The number of nitrogens with zero attached hydrogens (tertiary/aromatic N) is 2. The minimum absolute atomic E-state index is 0.125. The summed E-state index contributed by atoms with van der Waals surface area (Å²) < 4.78 is 0. The molecular formula is C11H10N4OS2. The smallest absolute Gasteiger partial charge is 0.231 e. The fraction of sp³-hybridized carbons (Fsp3) is 0.182. The Morgan fingerprint density at radius 3 is 3.28 bits per heavy atom. The maximum atomic E-state index is 11.3. The van der Waals surface area contributed by atoms with E-state index in [0.29, 0.717) is 5.16 Å². The van der Waals surface area contributed by atoms with E-state index in [1.54, 1.807) is 11.3 Å². The second kappa shape index (κ2) is 6.23. The number of carbonyl (C=O) groups excluding carboxylic acids is 1. The van der Waals surface area contributed by atoms with E-state index in [4.69, 9.17) is 6.42 Å². The van der Waals surface area contributed by atoms with E-state index >= 15 is 0 Å². The van der Waals surface area contributed by atoms with Crippen molar-refractivity contribution in [2.45, 2.75) is 5.16 Å². The minimum Gasteiger partial charge on any atom is -0.344 e. The van der Waals surface area contributed by atoms with Crippen LogP contribution >= 0.6 is 23.1 Å². The first-order chi connectivity index (χ1) is 8.79. The third-order valence-corrected chi connectivity index (χ3v) is 3.66. The van der Waals surface area contributed by atoms with Crippen LogP contribution in [-0.2, 0) is 4.79 Å². The van der Waals surface area contributed by atoms with E-state index < -0.39 is 0 Å². The van der Waals surface area contributed by atoms with Crippen molar-refractivity contribution in [1.82, 2.24) is 20.5 Å². The SMILES string of the molecule is C#CCNC(=O)CSc1n[nH]c(-c2cccs2)n1. The summed E-state index contributed by atoms with van der Waals surface area (Å²) >= 11 is 2.85. The molecule has 0 aromatic carbocycles. The van der Waals surface area contributed by atoms with Crippen LogP contribution in [0.1, 0.15) is 0 Å². The quantitative estimate of drug-likeness (QED) is 0.640. The summed E-state index contributed by atoms with van der Waals surface area (Å²) in [5, 5.41) is 12.0. The zero-order valence-electron chi connectivity index (χ0n) is 9.34. The van der Waals surface area contributed by atoms with Crippen LogP contribution in [0.4, 0.5) is 0 Å². The molecule has 2 aromatic heterocycles. The topological polar surface area (TPSA) is 70.7 Å². The second-order valence-electron chi connectivity index (χ2n) is 3.21. The number of amides is 1. The number of hydrogen-bond acceptors (Lipinski definition) is 5. The van der Waals surface area contributed by atoms with E-state index in [2.05, 4.69) is 26.4 Å². The average molecular weight is 278 g/mol. The highest BCUT2D eigenvalue weighted by atomic mass is 32.2. The molecule has 0 atom stereocenters. The van der Waals surface area contributed by atoms with E-state index in [0.717, 1.165) is 10.7 Å². The van der Waals surface area contributed by atoms with E-state index in [9.17, 15) is 4.79 Å². The highest BCUT2D eigenvalue weighted by Gasteiger charge is 2.08.